The molecule has 2 aromatic rings. The van der Waals surface area contributed by atoms with E-state index in [0.29, 0.717) is 30.4 Å². The molecule has 2 atom stereocenters. The molecule has 148 valence electrons. The van der Waals surface area contributed by atoms with Gasteiger partial charge in [-0.3, -0.25) is 4.79 Å². The summed E-state index contributed by atoms with van der Waals surface area (Å²) in [5.41, 5.74) is 1.93. The van der Waals surface area contributed by atoms with Gasteiger partial charge in [-0.25, -0.2) is 9.97 Å². The number of carboxylic acid groups (broad SMARTS) is 1. The summed E-state index contributed by atoms with van der Waals surface area (Å²) in [6, 6.07) is 5.62. The van der Waals surface area contributed by atoms with Crippen molar-refractivity contribution < 1.29 is 19.4 Å². The van der Waals surface area contributed by atoms with Gasteiger partial charge in [0.1, 0.15) is 35.2 Å². The summed E-state index contributed by atoms with van der Waals surface area (Å²) in [6.07, 6.45) is 0.799. The Labute approximate surface area is 164 Å². The van der Waals surface area contributed by atoms with Gasteiger partial charge in [-0.15, -0.1) is 0 Å². The Hall–Kier alpha value is -2.83. The van der Waals surface area contributed by atoms with Crippen LogP contribution in [0.3, 0.4) is 0 Å². The van der Waals surface area contributed by atoms with Crippen molar-refractivity contribution in [3.8, 4) is 11.5 Å². The molecule has 7 nitrogen and oxygen atoms in total. The summed E-state index contributed by atoms with van der Waals surface area (Å²) in [5.74, 6) is 1.94. The molecule has 1 aromatic heterocycles. The SMILES string of the molecule is CCc1c(C)nc(C)nc1N1CC2c3ccc(OC)cc3OC[C@]2(C(=O)O)C1. The van der Waals surface area contributed by atoms with Crippen molar-refractivity contribution in [1.29, 1.82) is 0 Å². The van der Waals surface area contributed by atoms with Crippen molar-refractivity contribution in [2.75, 3.05) is 31.7 Å². The standard InChI is InChI=1S/C21H25N3O4/c1-5-15-12(2)22-13(3)23-19(15)24-9-17-16-7-6-14(27-4)8-18(16)28-11-21(17,10-24)20(25)26/h6-8,17H,5,9-11H2,1-4H3,(H,25,26)/t17?,21-/m1/s1. The third kappa shape index (κ3) is 2.68. The lowest BCUT2D eigenvalue weighted by molar-refractivity contribution is -0.151. The summed E-state index contributed by atoms with van der Waals surface area (Å²) in [5, 5.41) is 10.2. The lowest BCUT2D eigenvalue weighted by Crippen LogP contribution is -2.45. The number of fused-ring (bicyclic) bond motifs is 3. The van der Waals surface area contributed by atoms with E-state index in [-0.39, 0.29) is 12.5 Å². The molecule has 2 aliphatic rings. The molecule has 1 saturated heterocycles. The Kier molecular flexibility index (Phi) is 4.40. The Bertz CT molecular complexity index is 945. The molecular weight excluding hydrogens is 358 g/mol. The van der Waals surface area contributed by atoms with E-state index in [1.165, 1.54) is 0 Å². The average Bonchev–Trinajstić information content (AvgIpc) is 3.08. The highest BCUT2D eigenvalue weighted by atomic mass is 16.5. The van der Waals surface area contributed by atoms with E-state index in [9.17, 15) is 9.90 Å². The first-order chi connectivity index (χ1) is 13.4. The second-order valence-corrected chi connectivity index (χ2v) is 7.60. The number of aromatic nitrogens is 2. The van der Waals surface area contributed by atoms with E-state index in [0.717, 1.165) is 29.1 Å². The monoisotopic (exact) mass is 383 g/mol. The Morgan fingerprint density at radius 2 is 2.18 bits per heavy atom. The molecule has 0 aliphatic carbocycles. The molecule has 28 heavy (non-hydrogen) atoms. The van der Waals surface area contributed by atoms with E-state index in [1.54, 1.807) is 7.11 Å². The topological polar surface area (TPSA) is 84.8 Å². The van der Waals surface area contributed by atoms with Gasteiger partial charge in [0.25, 0.3) is 0 Å². The number of carboxylic acids is 1. The Morgan fingerprint density at radius 1 is 1.39 bits per heavy atom. The van der Waals surface area contributed by atoms with Crippen molar-refractivity contribution in [1.82, 2.24) is 9.97 Å². The molecule has 0 bridgehead atoms. The van der Waals surface area contributed by atoms with E-state index in [4.69, 9.17) is 9.47 Å². The highest BCUT2D eigenvalue weighted by Crippen LogP contribution is 2.51. The van der Waals surface area contributed by atoms with Crippen LogP contribution >= 0.6 is 0 Å². The normalized spacial score (nSPS) is 23.0. The van der Waals surface area contributed by atoms with Gasteiger partial charge >= 0.3 is 5.97 Å². The van der Waals surface area contributed by atoms with Crippen LogP contribution in [0.25, 0.3) is 0 Å². The van der Waals surface area contributed by atoms with Crippen LogP contribution < -0.4 is 14.4 Å². The van der Waals surface area contributed by atoms with E-state index < -0.39 is 11.4 Å². The first-order valence-corrected chi connectivity index (χ1v) is 9.52. The lowest BCUT2D eigenvalue weighted by atomic mass is 9.73. The first kappa shape index (κ1) is 18.5. The zero-order valence-corrected chi connectivity index (χ0v) is 16.7. The highest BCUT2D eigenvalue weighted by Gasteiger charge is 2.57. The first-order valence-electron chi connectivity index (χ1n) is 9.52. The van der Waals surface area contributed by atoms with Gasteiger partial charge in [-0.1, -0.05) is 13.0 Å². The minimum Gasteiger partial charge on any atom is -0.497 e. The molecule has 1 N–H and O–H groups in total. The zero-order chi connectivity index (χ0) is 20.1. The quantitative estimate of drug-likeness (QED) is 0.869. The number of rotatable bonds is 4. The summed E-state index contributed by atoms with van der Waals surface area (Å²) in [4.78, 5) is 23.7. The van der Waals surface area contributed by atoms with Crippen LogP contribution in [0.1, 0.15) is 35.5 Å². The second kappa shape index (κ2) is 6.65. The predicted molar refractivity (Wildman–Crippen MR) is 104 cm³/mol. The summed E-state index contributed by atoms with van der Waals surface area (Å²) in [7, 11) is 1.61. The fourth-order valence-electron chi connectivity index (χ4n) is 4.55. The average molecular weight is 383 g/mol. The molecule has 3 heterocycles. The van der Waals surface area contributed by atoms with Crippen LogP contribution in [0.5, 0.6) is 11.5 Å². The van der Waals surface area contributed by atoms with Crippen LogP contribution in [-0.2, 0) is 11.2 Å². The lowest BCUT2D eigenvalue weighted by Gasteiger charge is -2.35. The fourth-order valence-corrected chi connectivity index (χ4v) is 4.55. The molecule has 0 radical (unpaired) electrons. The molecule has 4 rings (SSSR count). The van der Waals surface area contributed by atoms with E-state index in [2.05, 4.69) is 21.8 Å². The smallest absolute Gasteiger partial charge is 0.315 e. The maximum atomic E-state index is 12.4. The van der Waals surface area contributed by atoms with Crippen molar-refractivity contribution in [2.45, 2.75) is 33.1 Å². The fraction of sp³-hybridized carbons (Fsp3) is 0.476. The van der Waals surface area contributed by atoms with Gasteiger partial charge in [0.15, 0.2) is 0 Å². The van der Waals surface area contributed by atoms with Crippen molar-refractivity contribution in [2.24, 2.45) is 5.41 Å². The van der Waals surface area contributed by atoms with Gasteiger partial charge in [0, 0.05) is 41.9 Å². The zero-order valence-electron chi connectivity index (χ0n) is 16.7. The van der Waals surface area contributed by atoms with E-state index in [1.807, 2.05) is 32.0 Å². The predicted octanol–water partition coefficient (Wildman–Crippen LogP) is 2.73. The largest absolute Gasteiger partial charge is 0.497 e. The number of hydrogen-bond donors (Lipinski definition) is 1. The molecule has 0 saturated carbocycles. The number of carbonyl (C=O) groups is 1. The van der Waals surface area contributed by atoms with Crippen LogP contribution in [0.2, 0.25) is 0 Å². The van der Waals surface area contributed by atoms with Crippen molar-refractivity contribution in [3.05, 3.63) is 40.8 Å². The molecule has 0 spiro atoms. The highest BCUT2D eigenvalue weighted by molar-refractivity contribution is 5.80. The minimum atomic E-state index is -1.00. The number of ether oxygens (including phenoxy) is 2. The Balaban J connectivity index is 1.80. The number of nitrogens with zero attached hydrogens (tertiary/aromatic N) is 3. The van der Waals surface area contributed by atoms with Gasteiger partial charge < -0.3 is 19.5 Å². The third-order valence-corrected chi connectivity index (χ3v) is 6.01. The van der Waals surface area contributed by atoms with Crippen molar-refractivity contribution >= 4 is 11.8 Å². The van der Waals surface area contributed by atoms with Crippen LogP contribution in [0.15, 0.2) is 18.2 Å². The molecule has 1 aromatic carbocycles. The van der Waals surface area contributed by atoms with Crippen LogP contribution in [0, 0.1) is 19.3 Å². The molecule has 1 fully saturated rings. The van der Waals surface area contributed by atoms with Gasteiger partial charge in [0.05, 0.1) is 7.11 Å². The van der Waals surface area contributed by atoms with Crippen molar-refractivity contribution in [3.63, 3.8) is 0 Å². The summed E-state index contributed by atoms with van der Waals surface area (Å²) in [6.45, 7) is 7.01. The second-order valence-electron chi connectivity index (χ2n) is 7.60. The molecule has 0 amide bonds. The Morgan fingerprint density at radius 3 is 2.86 bits per heavy atom. The molecule has 1 unspecified atom stereocenters. The van der Waals surface area contributed by atoms with Crippen LogP contribution in [0.4, 0.5) is 5.82 Å². The summed E-state index contributed by atoms with van der Waals surface area (Å²) < 4.78 is 11.2. The summed E-state index contributed by atoms with van der Waals surface area (Å²) >= 11 is 0. The third-order valence-electron chi connectivity index (χ3n) is 6.01. The number of aryl methyl sites for hydroxylation is 2. The minimum absolute atomic E-state index is 0.133. The molecular formula is C21H25N3O4. The van der Waals surface area contributed by atoms with Gasteiger partial charge in [-0.2, -0.15) is 0 Å². The molecule has 2 aliphatic heterocycles. The van der Waals surface area contributed by atoms with Gasteiger partial charge in [0.2, 0.25) is 0 Å². The number of hydrogen-bond acceptors (Lipinski definition) is 6. The van der Waals surface area contributed by atoms with E-state index >= 15 is 0 Å². The maximum Gasteiger partial charge on any atom is 0.315 e. The number of aliphatic carboxylic acids is 1. The number of anilines is 1. The van der Waals surface area contributed by atoms with Crippen LogP contribution in [-0.4, -0.2) is 47.8 Å². The number of methoxy groups -OCH3 is 1. The van der Waals surface area contributed by atoms with Gasteiger partial charge in [-0.05, 0) is 26.3 Å². The molecule has 7 heteroatoms. The number of benzene rings is 1. The maximum absolute atomic E-state index is 12.4.